The van der Waals surface area contributed by atoms with Crippen LogP contribution in [0.25, 0.3) is 0 Å². The quantitative estimate of drug-likeness (QED) is 0.384. The highest BCUT2D eigenvalue weighted by atomic mass is 16.6. The van der Waals surface area contributed by atoms with E-state index in [2.05, 4.69) is 29.9 Å². The van der Waals surface area contributed by atoms with Crippen LogP contribution in [0.5, 0.6) is 5.75 Å². The summed E-state index contributed by atoms with van der Waals surface area (Å²) in [5, 5.41) is 8.30. The summed E-state index contributed by atoms with van der Waals surface area (Å²) in [6.07, 6.45) is 0.821. The molecule has 8 nitrogen and oxygen atoms in total. The number of anilines is 1. The molecule has 1 aliphatic heterocycles. The summed E-state index contributed by atoms with van der Waals surface area (Å²) in [4.78, 5) is 17.8. The molecule has 0 spiro atoms. The smallest absolute Gasteiger partial charge is 0.337 e. The maximum absolute atomic E-state index is 12.1. The van der Waals surface area contributed by atoms with Gasteiger partial charge in [0.2, 0.25) is 0 Å². The van der Waals surface area contributed by atoms with Gasteiger partial charge < -0.3 is 14.9 Å². The zero-order valence-corrected chi connectivity index (χ0v) is 18.1. The van der Waals surface area contributed by atoms with Crippen molar-refractivity contribution in [2.45, 2.75) is 46.3 Å². The van der Waals surface area contributed by atoms with Crippen molar-refractivity contribution in [1.29, 1.82) is 0 Å². The van der Waals surface area contributed by atoms with E-state index in [1.54, 1.807) is 0 Å². The van der Waals surface area contributed by atoms with Crippen molar-refractivity contribution in [3.63, 3.8) is 0 Å². The summed E-state index contributed by atoms with van der Waals surface area (Å²) >= 11 is 0. The van der Waals surface area contributed by atoms with Crippen LogP contribution in [-0.2, 0) is 17.9 Å². The van der Waals surface area contributed by atoms with E-state index in [9.17, 15) is 4.79 Å². The van der Waals surface area contributed by atoms with Crippen molar-refractivity contribution in [2.24, 2.45) is 11.0 Å². The van der Waals surface area contributed by atoms with Gasteiger partial charge in [0, 0.05) is 35.8 Å². The molecule has 0 unspecified atom stereocenters. The third-order valence-electron chi connectivity index (χ3n) is 5.07. The number of hydrogen-bond donors (Lipinski definition) is 3. The highest BCUT2D eigenvalue weighted by Gasteiger charge is 2.32. The summed E-state index contributed by atoms with van der Waals surface area (Å²) in [5.74, 6) is 6.18. The fourth-order valence-electron chi connectivity index (χ4n) is 3.45. The molecule has 0 saturated heterocycles. The molecule has 4 N–H and O–H groups in total. The van der Waals surface area contributed by atoms with Gasteiger partial charge in [0.1, 0.15) is 18.0 Å². The minimum Gasteiger partial charge on any atom is -0.487 e. The van der Waals surface area contributed by atoms with Crippen molar-refractivity contribution in [1.82, 2.24) is 10.5 Å². The third-order valence-corrected chi connectivity index (χ3v) is 5.07. The van der Waals surface area contributed by atoms with Crippen molar-refractivity contribution < 1.29 is 14.4 Å². The van der Waals surface area contributed by atoms with Crippen LogP contribution in [0.15, 0.2) is 41.6 Å². The maximum Gasteiger partial charge on any atom is 0.337 e. The van der Waals surface area contributed by atoms with E-state index in [0.29, 0.717) is 5.69 Å². The van der Waals surface area contributed by atoms with Crippen LogP contribution < -0.4 is 21.4 Å². The molecule has 0 bridgehead atoms. The van der Waals surface area contributed by atoms with E-state index < -0.39 is 0 Å². The van der Waals surface area contributed by atoms with Gasteiger partial charge in [-0.2, -0.15) is 5.53 Å². The number of urea groups is 1. The standard InChI is InChI=1S/C22H29N5O3/c1-14-8-6-10-19(24-21(28)27(5)26-23)18(14)13-29-25-15(2)16-9-7-11-20-17(16)12-22(3,4)30-20/h6-11,26H,12-13,23H2,1-5H3,(H,24,28). The summed E-state index contributed by atoms with van der Waals surface area (Å²) in [6, 6.07) is 11.2. The first-order valence-electron chi connectivity index (χ1n) is 9.79. The van der Waals surface area contributed by atoms with Crippen LogP contribution in [0.1, 0.15) is 43.0 Å². The summed E-state index contributed by atoms with van der Waals surface area (Å²) in [7, 11) is 1.53. The van der Waals surface area contributed by atoms with E-state index in [1.807, 2.05) is 50.2 Å². The molecule has 0 fully saturated rings. The van der Waals surface area contributed by atoms with Gasteiger partial charge in [-0.15, -0.1) is 0 Å². The summed E-state index contributed by atoms with van der Waals surface area (Å²) < 4.78 is 6.00. The fraction of sp³-hybridized carbons (Fsp3) is 0.364. The van der Waals surface area contributed by atoms with Crippen LogP contribution in [-0.4, -0.2) is 29.4 Å². The number of carbonyl (C=O) groups excluding carboxylic acids is 1. The van der Waals surface area contributed by atoms with Crippen LogP contribution >= 0.6 is 0 Å². The number of nitrogens with one attached hydrogen (secondary N) is 2. The fourth-order valence-corrected chi connectivity index (χ4v) is 3.45. The molecule has 0 aliphatic carbocycles. The Labute approximate surface area is 177 Å². The number of hydrogen-bond acceptors (Lipinski definition) is 6. The van der Waals surface area contributed by atoms with E-state index in [4.69, 9.17) is 15.4 Å². The van der Waals surface area contributed by atoms with Crippen molar-refractivity contribution >= 4 is 17.4 Å². The number of benzene rings is 2. The first-order chi connectivity index (χ1) is 14.2. The number of carbonyl (C=O) groups is 1. The van der Waals surface area contributed by atoms with Crippen LogP contribution in [0.2, 0.25) is 0 Å². The van der Waals surface area contributed by atoms with E-state index in [-0.39, 0.29) is 18.2 Å². The molecular formula is C22H29N5O3. The molecule has 2 aromatic carbocycles. The van der Waals surface area contributed by atoms with Crippen LogP contribution in [0, 0.1) is 6.92 Å². The Balaban J connectivity index is 1.75. The highest BCUT2D eigenvalue weighted by Crippen LogP contribution is 2.37. The maximum atomic E-state index is 12.1. The monoisotopic (exact) mass is 411 g/mol. The predicted octanol–water partition coefficient (Wildman–Crippen LogP) is 3.49. The molecule has 160 valence electrons. The number of fused-ring (bicyclic) bond motifs is 1. The molecule has 0 aromatic heterocycles. The number of hydrazine groups is 2. The van der Waals surface area contributed by atoms with Crippen LogP contribution in [0.4, 0.5) is 10.5 Å². The van der Waals surface area contributed by atoms with Gasteiger partial charge in [-0.05, 0) is 45.4 Å². The summed E-state index contributed by atoms with van der Waals surface area (Å²) in [6.45, 7) is 8.25. The SMILES string of the molecule is CC(=NOCc1c(C)cccc1NC(=O)N(C)NN)c1cccc2c1CC(C)(C)O2. The topological polar surface area (TPSA) is 101 Å². The number of ether oxygens (including phenoxy) is 1. The van der Waals surface area contributed by atoms with Gasteiger partial charge in [-0.3, -0.25) is 5.84 Å². The van der Waals surface area contributed by atoms with E-state index in [0.717, 1.165) is 45.1 Å². The van der Waals surface area contributed by atoms with Gasteiger partial charge in [-0.1, -0.05) is 29.4 Å². The zero-order valence-electron chi connectivity index (χ0n) is 18.1. The first kappa shape index (κ1) is 21.6. The second kappa shape index (κ2) is 8.73. The molecule has 2 amide bonds. The third kappa shape index (κ3) is 4.72. The van der Waals surface area contributed by atoms with Crippen molar-refractivity contribution in [2.75, 3.05) is 12.4 Å². The van der Waals surface area contributed by atoms with E-state index >= 15 is 0 Å². The molecule has 1 heterocycles. The highest BCUT2D eigenvalue weighted by molar-refractivity contribution is 6.00. The summed E-state index contributed by atoms with van der Waals surface area (Å²) in [5.41, 5.74) is 7.47. The molecule has 0 radical (unpaired) electrons. The molecule has 8 heteroatoms. The number of oxime groups is 1. The first-order valence-corrected chi connectivity index (χ1v) is 9.79. The number of aryl methyl sites for hydroxylation is 1. The molecule has 1 aliphatic rings. The van der Waals surface area contributed by atoms with Gasteiger partial charge >= 0.3 is 6.03 Å². The number of nitrogens with zero attached hydrogens (tertiary/aromatic N) is 2. The van der Waals surface area contributed by atoms with Crippen molar-refractivity contribution in [3.05, 3.63) is 58.7 Å². The van der Waals surface area contributed by atoms with E-state index in [1.165, 1.54) is 7.05 Å². The number of nitrogens with two attached hydrogens (primary N) is 1. The molecule has 0 atom stereocenters. The van der Waals surface area contributed by atoms with Crippen molar-refractivity contribution in [3.8, 4) is 5.75 Å². The second-order valence-corrected chi connectivity index (χ2v) is 7.99. The zero-order chi connectivity index (χ0) is 21.9. The average Bonchev–Trinajstić information content (AvgIpc) is 3.02. The minimum absolute atomic E-state index is 0.219. The Morgan fingerprint density at radius 1 is 1.30 bits per heavy atom. The number of amides is 2. The average molecular weight is 412 g/mol. The molecular weight excluding hydrogens is 382 g/mol. The molecule has 30 heavy (non-hydrogen) atoms. The predicted molar refractivity (Wildman–Crippen MR) is 117 cm³/mol. The normalized spacial score (nSPS) is 14.7. The Kier molecular flexibility index (Phi) is 6.28. The Bertz CT molecular complexity index is 971. The lowest BCUT2D eigenvalue weighted by Crippen LogP contribution is -2.46. The minimum atomic E-state index is -0.383. The second-order valence-electron chi connectivity index (χ2n) is 7.99. The molecule has 3 rings (SSSR count). The van der Waals surface area contributed by atoms with Gasteiger partial charge in [-0.25, -0.2) is 9.80 Å². The van der Waals surface area contributed by atoms with Crippen LogP contribution in [0.3, 0.4) is 0 Å². The van der Waals surface area contributed by atoms with Gasteiger partial charge in [0.05, 0.1) is 5.71 Å². The largest absolute Gasteiger partial charge is 0.487 e. The lowest BCUT2D eigenvalue weighted by molar-refractivity contribution is 0.130. The molecule has 2 aromatic rings. The van der Waals surface area contributed by atoms with Gasteiger partial charge in [0.15, 0.2) is 0 Å². The Morgan fingerprint density at radius 2 is 2.03 bits per heavy atom. The molecule has 0 saturated carbocycles. The Morgan fingerprint density at radius 3 is 2.77 bits per heavy atom. The number of rotatable bonds is 6. The lowest BCUT2D eigenvalue weighted by atomic mass is 9.95. The lowest BCUT2D eigenvalue weighted by Gasteiger charge is -2.18. The Hall–Kier alpha value is -3.10. The van der Waals surface area contributed by atoms with Gasteiger partial charge in [0.25, 0.3) is 0 Å².